The Morgan fingerprint density at radius 3 is 2.57 bits per heavy atom. The lowest BCUT2D eigenvalue weighted by Gasteiger charge is -2.09. The minimum absolute atomic E-state index is 0.484. The third kappa shape index (κ3) is 0.244. The molecule has 0 saturated carbocycles. The number of rotatable bonds is 0. The Kier molecular flexibility index (Phi) is 0.318. The van der Waals surface area contributed by atoms with Crippen molar-refractivity contribution in [2.24, 2.45) is 0 Å². The largest absolute Gasteiger partial charge is 0.405 e. The van der Waals surface area contributed by atoms with Crippen LogP contribution in [-0.4, -0.2) is 9.97 Å². The molecular weight excluding hydrogens is 92.1 g/mol. The van der Waals surface area contributed by atoms with E-state index in [0.29, 0.717) is 11.9 Å². The van der Waals surface area contributed by atoms with Crippen molar-refractivity contribution in [2.75, 3.05) is 0 Å². The molecule has 3 nitrogen and oxygen atoms in total. The minimum Gasteiger partial charge on any atom is -0.405 e. The lowest BCUT2D eigenvalue weighted by atomic mass is 10.6. The van der Waals surface area contributed by atoms with Crippen LogP contribution in [0.25, 0.3) is 0 Å². The van der Waals surface area contributed by atoms with Gasteiger partial charge in [0.1, 0.15) is 0 Å². The zero-order valence-corrected chi connectivity index (χ0v) is 3.46. The fourth-order valence-electron chi connectivity index (χ4n) is 0.486. The summed E-state index contributed by atoms with van der Waals surface area (Å²) in [4.78, 5) is 7.51. The summed E-state index contributed by atoms with van der Waals surface area (Å²) in [5.41, 5.74) is 0. The quantitative estimate of drug-likeness (QED) is 0.479. The summed E-state index contributed by atoms with van der Waals surface area (Å²) in [5, 5.41) is 0. The Bertz CT molecular complexity index is 174. The van der Waals surface area contributed by atoms with E-state index < -0.39 is 0 Å². The first kappa shape index (κ1) is 2.96. The molecule has 2 aliphatic heterocycles. The van der Waals surface area contributed by atoms with Gasteiger partial charge in [-0.2, -0.15) is 4.98 Å². The smallest absolute Gasteiger partial charge is 0.326 e. The van der Waals surface area contributed by atoms with Crippen LogP contribution in [0.4, 0.5) is 0 Å². The molecule has 34 valence electrons. The maximum absolute atomic E-state index is 4.79. The van der Waals surface area contributed by atoms with Crippen molar-refractivity contribution in [3.63, 3.8) is 0 Å². The summed E-state index contributed by atoms with van der Waals surface area (Å²) in [6.45, 7) is 0. The van der Waals surface area contributed by atoms with Crippen molar-refractivity contribution in [1.82, 2.24) is 9.97 Å². The van der Waals surface area contributed by atoms with E-state index >= 15 is 0 Å². The number of nitrogens with zero attached hydrogens (tertiary/aromatic N) is 2. The first-order chi connectivity index (χ1) is 3.45. The third-order valence-corrected chi connectivity index (χ3v) is 0.804. The van der Waals surface area contributed by atoms with Crippen LogP contribution < -0.4 is 4.74 Å². The molecule has 3 heterocycles. The normalized spacial score (nSPS) is 12.0. The molecule has 0 saturated heterocycles. The van der Waals surface area contributed by atoms with Gasteiger partial charge in [0.25, 0.3) is 0 Å². The van der Waals surface area contributed by atoms with E-state index in [1.165, 1.54) is 0 Å². The molecule has 0 N–H and O–H groups in total. The minimum atomic E-state index is 0.484. The monoisotopic (exact) mass is 94.0 g/mol. The number of hydrogen-bond donors (Lipinski definition) is 0. The number of ether oxygens (including phenoxy) is 1. The van der Waals surface area contributed by atoms with Gasteiger partial charge in [0.15, 0.2) is 0 Å². The molecule has 1 aromatic heterocycles. The lowest BCUT2D eigenvalue weighted by molar-refractivity contribution is 0.355. The first-order valence-corrected chi connectivity index (χ1v) is 1.96. The Balaban J connectivity index is 2.78. The van der Waals surface area contributed by atoms with Crippen molar-refractivity contribution < 1.29 is 4.74 Å². The summed E-state index contributed by atoms with van der Waals surface area (Å²) in [6.07, 6.45) is 1.67. The molecule has 0 fully saturated rings. The molecule has 0 amide bonds. The van der Waals surface area contributed by atoms with Crippen LogP contribution in [0.15, 0.2) is 12.3 Å². The lowest BCUT2D eigenvalue weighted by Crippen LogP contribution is -2.01. The van der Waals surface area contributed by atoms with E-state index in [0.717, 1.165) is 0 Å². The highest BCUT2D eigenvalue weighted by Crippen LogP contribution is 2.23. The zero-order chi connectivity index (χ0) is 4.69. The molecular formula is C4H2N2O. The van der Waals surface area contributed by atoms with Gasteiger partial charge in [-0.1, -0.05) is 0 Å². The molecule has 0 unspecified atom stereocenters. The van der Waals surface area contributed by atoms with E-state index in [-0.39, 0.29) is 0 Å². The Hall–Kier alpha value is -1.12. The summed E-state index contributed by atoms with van der Waals surface area (Å²) in [6, 6.07) is 2.20. The van der Waals surface area contributed by atoms with Crippen LogP contribution in [0.2, 0.25) is 0 Å². The van der Waals surface area contributed by atoms with Gasteiger partial charge >= 0.3 is 6.01 Å². The van der Waals surface area contributed by atoms with Crippen molar-refractivity contribution in [1.29, 1.82) is 0 Å². The van der Waals surface area contributed by atoms with Crippen molar-refractivity contribution in [3.8, 4) is 11.9 Å². The van der Waals surface area contributed by atoms with Crippen LogP contribution in [-0.2, 0) is 0 Å². The van der Waals surface area contributed by atoms with Crippen LogP contribution in [0, 0.1) is 0 Å². The van der Waals surface area contributed by atoms with Crippen molar-refractivity contribution in [2.45, 2.75) is 0 Å². The molecule has 3 heteroatoms. The van der Waals surface area contributed by atoms with Crippen LogP contribution in [0.3, 0.4) is 0 Å². The maximum atomic E-state index is 4.79. The van der Waals surface area contributed by atoms with E-state index in [2.05, 4.69) is 9.97 Å². The van der Waals surface area contributed by atoms with Gasteiger partial charge in [-0.3, -0.25) is 0 Å². The van der Waals surface area contributed by atoms with Gasteiger partial charge < -0.3 is 4.74 Å². The van der Waals surface area contributed by atoms with E-state index in [9.17, 15) is 0 Å². The molecule has 1 aromatic rings. The fourth-order valence-corrected chi connectivity index (χ4v) is 0.486. The van der Waals surface area contributed by atoms with E-state index in [1.54, 1.807) is 12.3 Å². The number of fused-ring (bicyclic) bond motifs is 2. The third-order valence-electron chi connectivity index (χ3n) is 0.804. The first-order valence-electron chi connectivity index (χ1n) is 1.96. The average Bonchev–Trinajstić information content (AvgIpc) is 1.67. The Labute approximate surface area is 40.0 Å². The highest BCUT2D eigenvalue weighted by Gasteiger charge is 2.10. The molecule has 2 bridgehead atoms. The second-order valence-corrected chi connectivity index (χ2v) is 1.28. The predicted molar refractivity (Wildman–Crippen MR) is 22.1 cm³/mol. The number of aromatic nitrogens is 2. The average molecular weight is 94.1 g/mol. The fraction of sp³-hybridized carbons (Fsp3) is 0. The molecule has 3 rings (SSSR count). The second-order valence-electron chi connectivity index (χ2n) is 1.28. The molecule has 0 aromatic carbocycles. The summed E-state index contributed by atoms with van der Waals surface area (Å²) in [5.74, 6) is 0.671. The molecule has 0 radical (unpaired) electrons. The van der Waals surface area contributed by atoms with Gasteiger partial charge in [0, 0.05) is 12.3 Å². The van der Waals surface area contributed by atoms with Crippen LogP contribution in [0.5, 0.6) is 11.9 Å². The predicted octanol–water partition coefficient (Wildman–Crippen LogP) is 0.582. The summed E-state index contributed by atoms with van der Waals surface area (Å²) >= 11 is 0. The second kappa shape index (κ2) is 0.753. The number of hydrogen-bond acceptors (Lipinski definition) is 3. The van der Waals surface area contributed by atoms with E-state index in [4.69, 9.17) is 4.74 Å². The molecule has 7 heavy (non-hydrogen) atoms. The maximum Gasteiger partial charge on any atom is 0.326 e. The highest BCUT2D eigenvalue weighted by molar-refractivity contribution is 5.22. The molecule has 0 spiro atoms. The standard InChI is InChI=1S/C4H2N2O/c1-2-5-4-6-3(1)7-4/h1-2H. The van der Waals surface area contributed by atoms with Gasteiger partial charge in [-0.15, -0.1) is 0 Å². The Morgan fingerprint density at radius 1 is 1.57 bits per heavy atom. The van der Waals surface area contributed by atoms with Gasteiger partial charge in [0.05, 0.1) is 0 Å². The zero-order valence-electron chi connectivity index (χ0n) is 3.46. The summed E-state index contributed by atoms with van der Waals surface area (Å²) in [7, 11) is 0. The van der Waals surface area contributed by atoms with E-state index in [1.807, 2.05) is 0 Å². The highest BCUT2D eigenvalue weighted by atomic mass is 16.5. The molecule has 0 aliphatic carbocycles. The SMILES string of the molecule is c1cc2nc(n1)O2. The Morgan fingerprint density at radius 2 is 2.43 bits per heavy atom. The van der Waals surface area contributed by atoms with Gasteiger partial charge in [0.2, 0.25) is 5.88 Å². The van der Waals surface area contributed by atoms with Crippen LogP contribution >= 0.6 is 0 Å². The van der Waals surface area contributed by atoms with Gasteiger partial charge in [-0.05, 0) is 0 Å². The van der Waals surface area contributed by atoms with Gasteiger partial charge in [-0.25, -0.2) is 4.98 Å². The molecule has 2 aliphatic rings. The topological polar surface area (TPSA) is 35.0 Å². The van der Waals surface area contributed by atoms with Crippen molar-refractivity contribution >= 4 is 0 Å². The van der Waals surface area contributed by atoms with Crippen molar-refractivity contribution in [3.05, 3.63) is 12.3 Å². The van der Waals surface area contributed by atoms with Crippen LogP contribution in [0.1, 0.15) is 0 Å². The molecule has 0 atom stereocenters. The summed E-state index contributed by atoms with van der Waals surface area (Å²) < 4.78 is 4.79.